The zero-order valence-electron chi connectivity index (χ0n) is 12.0. The topological polar surface area (TPSA) is 72.6 Å². The number of likely N-dealkylation sites (tertiary alicyclic amines) is 1. The summed E-state index contributed by atoms with van der Waals surface area (Å²) in [5.74, 6) is -1.48. The van der Waals surface area contributed by atoms with Gasteiger partial charge in [-0.25, -0.2) is 9.18 Å². The lowest BCUT2D eigenvalue weighted by molar-refractivity contribution is -0.149. The Bertz CT molecular complexity index is 548. The Kier molecular flexibility index (Phi) is 4.77. The van der Waals surface area contributed by atoms with E-state index in [2.05, 4.69) is 0 Å². The Morgan fingerprint density at radius 3 is 2.90 bits per heavy atom. The third-order valence-electron chi connectivity index (χ3n) is 3.61. The average Bonchev–Trinajstić information content (AvgIpc) is 2.49. The first-order chi connectivity index (χ1) is 10.1. The molecule has 0 bridgehead atoms. The van der Waals surface area contributed by atoms with Crippen molar-refractivity contribution in [3.05, 3.63) is 29.6 Å². The molecule has 1 amide bonds. The van der Waals surface area contributed by atoms with Gasteiger partial charge in [-0.3, -0.25) is 4.79 Å². The molecule has 6 heteroatoms. The quantitative estimate of drug-likeness (QED) is 0.683. The van der Waals surface area contributed by atoms with Gasteiger partial charge in [-0.15, -0.1) is 0 Å². The Hall–Kier alpha value is -2.11. The molecule has 1 aromatic rings. The van der Waals surface area contributed by atoms with Gasteiger partial charge < -0.3 is 15.4 Å². The second kappa shape index (κ2) is 6.56. The Balaban J connectivity index is 2.26. The van der Waals surface area contributed by atoms with Crippen LogP contribution in [0.1, 0.15) is 36.5 Å². The summed E-state index contributed by atoms with van der Waals surface area (Å²) in [5.41, 5.74) is 5.54. The summed E-state index contributed by atoms with van der Waals surface area (Å²) < 4.78 is 18.5. The van der Waals surface area contributed by atoms with Gasteiger partial charge in [0.1, 0.15) is 11.9 Å². The van der Waals surface area contributed by atoms with Crippen LogP contribution in [-0.4, -0.2) is 36.0 Å². The number of nitrogens with zero attached hydrogens (tertiary/aromatic N) is 1. The molecule has 1 saturated heterocycles. The van der Waals surface area contributed by atoms with E-state index in [0.29, 0.717) is 13.0 Å². The normalized spacial score (nSPS) is 18.4. The minimum absolute atomic E-state index is 0.0891. The number of anilines is 1. The van der Waals surface area contributed by atoms with Crippen LogP contribution < -0.4 is 5.73 Å². The number of hydrogen-bond donors (Lipinski definition) is 1. The van der Waals surface area contributed by atoms with E-state index in [0.717, 1.165) is 12.8 Å². The van der Waals surface area contributed by atoms with Gasteiger partial charge in [0.25, 0.3) is 5.91 Å². The molecule has 1 unspecified atom stereocenters. The third-order valence-corrected chi connectivity index (χ3v) is 3.61. The zero-order valence-corrected chi connectivity index (χ0v) is 12.0. The van der Waals surface area contributed by atoms with Crippen LogP contribution in [0.2, 0.25) is 0 Å². The summed E-state index contributed by atoms with van der Waals surface area (Å²) in [4.78, 5) is 26.0. The SMILES string of the molecule is CCOC(=O)C1CCCCN1C(=O)c1cccc(F)c1N. The van der Waals surface area contributed by atoms with Crippen molar-refractivity contribution in [2.75, 3.05) is 18.9 Å². The van der Waals surface area contributed by atoms with Crippen LogP contribution in [0.15, 0.2) is 18.2 Å². The lowest BCUT2D eigenvalue weighted by atomic mass is 10.0. The molecule has 2 rings (SSSR count). The van der Waals surface area contributed by atoms with Gasteiger partial charge in [-0.05, 0) is 38.3 Å². The molecule has 114 valence electrons. The van der Waals surface area contributed by atoms with Crippen molar-refractivity contribution in [2.24, 2.45) is 0 Å². The molecular weight excluding hydrogens is 275 g/mol. The van der Waals surface area contributed by atoms with E-state index in [9.17, 15) is 14.0 Å². The fourth-order valence-corrected chi connectivity index (χ4v) is 2.54. The van der Waals surface area contributed by atoms with E-state index >= 15 is 0 Å². The average molecular weight is 294 g/mol. The number of carbonyl (C=O) groups is 2. The number of piperidine rings is 1. The molecule has 0 saturated carbocycles. The van der Waals surface area contributed by atoms with Crippen molar-refractivity contribution in [2.45, 2.75) is 32.2 Å². The second-order valence-electron chi connectivity index (χ2n) is 4.96. The molecule has 2 N–H and O–H groups in total. The van der Waals surface area contributed by atoms with E-state index in [4.69, 9.17) is 10.5 Å². The highest BCUT2D eigenvalue weighted by Crippen LogP contribution is 2.24. The molecule has 1 aliphatic heterocycles. The summed E-state index contributed by atoms with van der Waals surface area (Å²) in [6.45, 7) is 2.43. The predicted octanol–water partition coefficient (Wildman–Crippen LogP) is 1.97. The van der Waals surface area contributed by atoms with Crippen molar-refractivity contribution >= 4 is 17.6 Å². The van der Waals surface area contributed by atoms with Gasteiger partial charge >= 0.3 is 5.97 Å². The minimum Gasteiger partial charge on any atom is -0.464 e. The minimum atomic E-state index is -0.634. The zero-order chi connectivity index (χ0) is 15.4. The van der Waals surface area contributed by atoms with Crippen LogP contribution in [0.3, 0.4) is 0 Å². The number of nitrogen functional groups attached to an aromatic ring is 1. The number of carbonyl (C=O) groups excluding carboxylic acids is 2. The van der Waals surface area contributed by atoms with Crippen LogP contribution in [0.4, 0.5) is 10.1 Å². The Labute approximate surface area is 122 Å². The lowest BCUT2D eigenvalue weighted by Gasteiger charge is -2.34. The van der Waals surface area contributed by atoms with E-state index in [1.165, 1.54) is 23.1 Å². The Morgan fingerprint density at radius 2 is 2.19 bits per heavy atom. The number of halogens is 1. The number of hydrogen-bond acceptors (Lipinski definition) is 4. The van der Waals surface area contributed by atoms with Gasteiger partial charge in [0.2, 0.25) is 0 Å². The summed E-state index contributed by atoms with van der Waals surface area (Å²) >= 11 is 0. The highest BCUT2D eigenvalue weighted by molar-refractivity contribution is 6.01. The van der Waals surface area contributed by atoms with E-state index in [-0.39, 0.29) is 17.9 Å². The molecule has 0 radical (unpaired) electrons. The molecule has 1 heterocycles. The van der Waals surface area contributed by atoms with Crippen LogP contribution >= 0.6 is 0 Å². The van der Waals surface area contributed by atoms with Crippen molar-refractivity contribution in [1.82, 2.24) is 4.90 Å². The molecule has 0 spiro atoms. The fourth-order valence-electron chi connectivity index (χ4n) is 2.54. The van der Waals surface area contributed by atoms with Gasteiger partial charge in [0.05, 0.1) is 17.9 Å². The van der Waals surface area contributed by atoms with Crippen LogP contribution in [0.25, 0.3) is 0 Å². The highest BCUT2D eigenvalue weighted by atomic mass is 19.1. The Morgan fingerprint density at radius 1 is 1.43 bits per heavy atom. The number of amides is 1. The van der Waals surface area contributed by atoms with Gasteiger partial charge in [0, 0.05) is 6.54 Å². The molecule has 5 nitrogen and oxygen atoms in total. The maximum absolute atomic E-state index is 13.5. The van der Waals surface area contributed by atoms with Crippen molar-refractivity contribution in [1.29, 1.82) is 0 Å². The predicted molar refractivity (Wildman–Crippen MR) is 76.1 cm³/mol. The summed E-state index contributed by atoms with van der Waals surface area (Å²) in [6, 6.07) is 3.49. The van der Waals surface area contributed by atoms with Gasteiger partial charge in [0.15, 0.2) is 0 Å². The molecule has 1 aliphatic rings. The number of rotatable bonds is 3. The number of para-hydroxylation sites is 1. The summed E-state index contributed by atoms with van der Waals surface area (Å²) in [6.07, 6.45) is 2.21. The van der Waals surface area contributed by atoms with Crippen molar-refractivity contribution in [3.8, 4) is 0 Å². The second-order valence-corrected chi connectivity index (χ2v) is 4.96. The van der Waals surface area contributed by atoms with E-state index < -0.39 is 23.7 Å². The first-order valence-corrected chi connectivity index (χ1v) is 7.07. The maximum Gasteiger partial charge on any atom is 0.328 e. The van der Waals surface area contributed by atoms with Gasteiger partial charge in [-0.2, -0.15) is 0 Å². The maximum atomic E-state index is 13.5. The standard InChI is InChI=1S/C15H19FN2O3/c1-2-21-15(20)12-8-3-4-9-18(12)14(19)10-6-5-7-11(16)13(10)17/h5-7,12H,2-4,8-9,17H2,1H3. The largest absolute Gasteiger partial charge is 0.464 e. The first-order valence-electron chi connectivity index (χ1n) is 7.07. The first kappa shape index (κ1) is 15.3. The van der Waals surface area contributed by atoms with Crippen molar-refractivity contribution < 1.29 is 18.7 Å². The monoisotopic (exact) mass is 294 g/mol. The van der Waals surface area contributed by atoms with Crippen LogP contribution in [0, 0.1) is 5.82 Å². The number of nitrogens with two attached hydrogens (primary N) is 1. The molecule has 21 heavy (non-hydrogen) atoms. The molecule has 1 aromatic carbocycles. The lowest BCUT2D eigenvalue weighted by Crippen LogP contribution is -2.48. The van der Waals surface area contributed by atoms with Crippen LogP contribution in [0.5, 0.6) is 0 Å². The summed E-state index contributed by atoms with van der Waals surface area (Å²) in [7, 11) is 0. The summed E-state index contributed by atoms with van der Waals surface area (Å²) in [5, 5.41) is 0. The number of ether oxygens (including phenoxy) is 1. The smallest absolute Gasteiger partial charge is 0.328 e. The fraction of sp³-hybridized carbons (Fsp3) is 0.467. The molecule has 1 atom stereocenters. The highest BCUT2D eigenvalue weighted by Gasteiger charge is 2.34. The molecule has 0 aromatic heterocycles. The van der Waals surface area contributed by atoms with Crippen molar-refractivity contribution in [3.63, 3.8) is 0 Å². The number of benzene rings is 1. The molecular formula is C15H19FN2O3. The number of esters is 1. The third kappa shape index (κ3) is 3.15. The van der Waals surface area contributed by atoms with Crippen LogP contribution in [-0.2, 0) is 9.53 Å². The molecule has 0 aliphatic carbocycles. The van der Waals surface area contributed by atoms with E-state index in [1.807, 2.05) is 0 Å². The molecule has 1 fully saturated rings. The van der Waals surface area contributed by atoms with E-state index in [1.54, 1.807) is 6.92 Å². The van der Waals surface area contributed by atoms with Gasteiger partial charge in [-0.1, -0.05) is 6.07 Å².